The Morgan fingerprint density at radius 2 is 1.63 bits per heavy atom. The highest BCUT2D eigenvalue weighted by Gasteiger charge is 2.37. The first kappa shape index (κ1) is 18.8. The van der Waals surface area contributed by atoms with Gasteiger partial charge in [0.15, 0.2) is 0 Å². The second kappa shape index (κ2) is 10.4. The van der Waals surface area contributed by atoms with Gasteiger partial charge >= 0.3 is 7.12 Å². The van der Waals surface area contributed by atoms with Crippen molar-refractivity contribution in [1.82, 2.24) is 10.4 Å². The lowest BCUT2D eigenvalue weighted by Crippen LogP contribution is -2.52. The van der Waals surface area contributed by atoms with Crippen LogP contribution in [-0.2, 0) is 0 Å². The smallest absolute Gasteiger partial charge is 0.423 e. The molecule has 0 spiro atoms. The van der Waals surface area contributed by atoms with E-state index < -0.39 is 55.5 Å². The van der Waals surface area contributed by atoms with Crippen LogP contribution in [0.1, 0.15) is 72.4 Å². The summed E-state index contributed by atoms with van der Waals surface area (Å²) in [6.07, 6.45) is 0. The zero-order valence-corrected chi connectivity index (χ0v) is 19.5. The highest BCUT2D eigenvalue weighted by molar-refractivity contribution is 6.58. The van der Waals surface area contributed by atoms with Crippen molar-refractivity contribution in [2.75, 3.05) is 0 Å². The number of rotatable bonds is 5. The number of benzene rings is 3. The molecule has 2 amide bonds. The molecule has 1 atom stereocenters. The molecule has 0 aliphatic carbocycles. The van der Waals surface area contributed by atoms with Crippen LogP contribution >= 0.6 is 0 Å². The third-order valence-electron chi connectivity index (χ3n) is 5.35. The molecule has 3 aromatic rings. The van der Waals surface area contributed by atoms with Crippen LogP contribution in [0.2, 0.25) is 0 Å². The molecule has 0 bridgehead atoms. The molecule has 0 heterocycles. The van der Waals surface area contributed by atoms with Crippen molar-refractivity contribution in [3.05, 3.63) is 100 Å². The van der Waals surface area contributed by atoms with Crippen LogP contribution in [0.4, 0.5) is 4.39 Å². The fourth-order valence-electron chi connectivity index (χ4n) is 3.84. The number of nitrogens with zero attached hydrogens (tertiary/aromatic N) is 1. The third kappa shape index (κ3) is 6.15. The molecule has 0 aromatic heterocycles. The van der Waals surface area contributed by atoms with E-state index in [-0.39, 0.29) is 22.2 Å². The van der Waals surface area contributed by atoms with E-state index in [4.69, 9.17) is 8.22 Å². The molecule has 6 nitrogen and oxygen atoms in total. The van der Waals surface area contributed by atoms with E-state index >= 15 is 0 Å². The van der Waals surface area contributed by atoms with E-state index in [1.165, 1.54) is 0 Å². The van der Waals surface area contributed by atoms with Gasteiger partial charge in [0.05, 0.1) is 11.6 Å². The minimum absolute atomic E-state index is 0.192. The van der Waals surface area contributed by atoms with Crippen molar-refractivity contribution in [1.29, 1.82) is 0 Å². The molecule has 3 rings (SSSR count). The quantitative estimate of drug-likeness (QED) is 0.382. The lowest BCUT2D eigenvalue weighted by molar-refractivity contribution is 0.0287. The molecule has 1 unspecified atom stereocenters. The molecule has 8 heteroatoms. The maximum Gasteiger partial charge on any atom is 0.488 e. The molecule has 3 aromatic carbocycles. The Bertz CT molecular complexity index is 1390. The van der Waals surface area contributed by atoms with Crippen LogP contribution in [0, 0.1) is 24.9 Å². The number of amides is 2. The maximum atomic E-state index is 14.9. The molecular formula is C27H30BFN2O4. The monoisotopic (exact) mass is 482 g/mol. The van der Waals surface area contributed by atoms with Gasteiger partial charge in [-0.3, -0.25) is 15.0 Å². The van der Waals surface area contributed by atoms with Gasteiger partial charge in [0.2, 0.25) is 0 Å². The summed E-state index contributed by atoms with van der Waals surface area (Å²) in [6.45, 7) is -0.101. The van der Waals surface area contributed by atoms with E-state index in [1.54, 1.807) is 51.1 Å². The summed E-state index contributed by atoms with van der Waals surface area (Å²) in [7, 11) is -1.97. The van der Waals surface area contributed by atoms with Crippen LogP contribution in [0.3, 0.4) is 0 Å². The maximum absolute atomic E-state index is 14.9. The minimum atomic E-state index is -2.74. The van der Waals surface area contributed by atoms with E-state index in [2.05, 4.69) is 5.43 Å². The highest BCUT2D eigenvalue weighted by atomic mass is 19.1. The fraction of sp³-hybridized carbons (Fsp3) is 0.259. The number of hydrazine groups is 1. The van der Waals surface area contributed by atoms with Gasteiger partial charge in [-0.2, -0.15) is 0 Å². The molecule has 0 saturated carbocycles. The first-order valence-corrected chi connectivity index (χ1v) is 10.8. The molecule has 35 heavy (non-hydrogen) atoms. The lowest BCUT2D eigenvalue weighted by Gasteiger charge is -2.40. The van der Waals surface area contributed by atoms with Gasteiger partial charge in [-0.15, -0.1) is 0 Å². The van der Waals surface area contributed by atoms with Crippen LogP contribution < -0.4 is 10.9 Å². The Hall–Kier alpha value is -3.49. The van der Waals surface area contributed by atoms with Crippen LogP contribution in [0.5, 0.6) is 0 Å². The Morgan fingerprint density at radius 3 is 2.14 bits per heavy atom. The predicted molar refractivity (Wildman–Crippen MR) is 134 cm³/mol. The molecule has 3 N–H and O–H groups in total. The number of hydrogen-bond donors (Lipinski definition) is 3. The normalized spacial score (nSPS) is 15.4. The van der Waals surface area contributed by atoms with Gasteiger partial charge in [-0.25, -0.2) is 9.40 Å². The minimum Gasteiger partial charge on any atom is -0.423 e. The van der Waals surface area contributed by atoms with Gasteiger partial charge in [-0.1, -0.05) is 74.4 Å². The lowest BCUT2D eigenvalue weighted by atomic mass is 9.80. The van der Waals surface area contributed by atoms with Gasteiger partial charge in [0, 0.05) is 13.8 Å². The summed E-state index contributed by atoms with van der Waals surface area (Å²) in [5.74, 6) is -3.06. The topological polar surface area (TPSA) is 89.9 Å². The number of aryl methyl sites for hydroxylation is 2. The second-order valence-electron chi connectivity index (χ2n) is 9.21. The van der Waals surface area contributed by atoms with E-state index in [0.29, 0.717) is 5.56 Å². The standard InChI is InChI=1S/C27H30BFN2O4/c1-17-13-18(2)15-20(14-17)26(33)31(24(27(3,4)5)19-9-7-6-8-10-19)30-25(32)22-12-11-21(28(34)35)16-23(22)29/h6-16,24,34-35H,1-5H3,(H,30,32)/i1D3,2D3. The highest BCUT2D eigenvalue weighted by Crippen LogP contribution is 2.38. The predicted octanol–water partition coefficient (Wildman–Crippen LogP) is 3.70. The van der Waals surface area contributed by atoms with E-state index in [9.17, 15) is 24.0 Å². The molecule has 0 fully saturated rings. The number of halogens is 1. The van der Waals surface area contributed by atoms with Crippen molar-refractivity contribution in [3.8, 4) is 0 Å². The van der Waals surface area contributed by atoms with Crippen LogP contribution in [0.25, 0.3) is 0 Å². The summed E-state index contributed by atoms with van der Waals surface area (Å²) < 4.78 is 61.7. The molecule has 182 valence electrons. The average Bonchev–Trinajstić information content (AvgIpc) is 2.86. The van der Waals surface area contributed by atoms with Crippen LogP contribution in [0.15, 0.2) is 66.7 Å². The number of carbonyl (C=O) groups is 2. The van der Waals surface area contributed by atoms with E-state index in [1.807, 2.05) is 0 Å². The van der Waals surface area contributed by atoms with Crippen LogP contribution in [-0.4, -0.2) is 34.0 Å². The Labute approximate surface area is 214 Å². The second-order valence-corrected chi connectivity index (χ2v) is 9.21. The summed E-state index contributed by atoms with van der Waals surface area (Å²) in [5.41, 5.74) is 0.494. The van der Waals surface area contributed by atoms with Gasteiger partial charge in [-0.05, 0) is 54.4 Å². The van der Waals surface area contributed by atoms with E-state index in [0.717, 1.165) is 41.4 Å². The fourth-order valence-corrected chi connectivity index (χ4v) is 3.84. The average molecular weight is 482 g/mol. The molecule has 0 saturated heterocycles. The van der Waals surface area contributed by atoms with Crippen molar-refractivity contribution in [2.45, 2.75) is 40.5 Å². The largest absolute Gasteiger partial charge is 0.488 e. The number of hydrogen-bond acceptors (Lipinski definition) is 4. The van der Waals surface area contributed by atoms with Gasteiger partial charge in [0.25, 0.3) is 11.8 Å². The summed E-state index contributed by atoms with van der Waals surface area (Å²) in [6, 6.07) is 13.8. The van der Waals surface area contributed by atoms with Gasteiger partial charge in [0.1, 0.15) is 5.82 Å². The first-order chi connectivity index (χ1) is 18.8. The third-order valence-corrected chi connectivity index (χ3v) is 5.35. The Kier molecular flexibility index (Phi) is 5.59. The van der Waals surface area contributed by atoms with Crippen molar-refractivity contribution < 1.29 is 32.3 Å². The zero-order chi connectivity index (χ0) is 30.9. The Balaban J connectivity index is 2.22. The Morgan fingerprint density at radius 1 is 1.00 bits per heavy atom. The SMILES string of the molecule is [2H]C([2H])([2H])c1cc(C(=O)N(NC(=O)c2ccc(B(O)O)cc2F)C(c2ccccc2)C(C)(C)C)cc(C([2H])([2H])[2H])c1. The van der Waals surface area contributed by atoms with Gasteiger partial charge < -0.3 is 10.0 Å². The molecule has 0 radical (unpaired) electrons. The first-order valence-electron chi connectivity index (χ1n) is 13.8. The summed E-state index contributed by atoms with van der Waals surface area (Å²) in [5, 5.41) is 19.6. The molecule has 0 aliphatic heterocycles. The van der Waals surface area contributed by atoms with Crippen molar-refractivity contribution in [3.63, 3.8) is 0 Å². The molecular weight excluding hydrogens is 446 g/mol. The number of nitrogens with one attached hydrogen (secondary N) is 1. The van der Waals surface area contributed by atoms with Crippen molar-refractivity contribution >= 4 is 24.4 Å². The van der Waals surface area contributed by atoms with Crippen molar-refractivity contribution in [2.24, 2.45) is 5.41 Å². The zero-order valence-electron chi connectivity index (χ0n) is 25.5. The summed E-state index contributed by atoms with van der Waals surface area (Å²) in [4.78, 5) is 27.5. The number of carbonyl (C=O) groups excluding carboxylic acids is 2. The summed E-state index contributed by atoms with van der Waals surface area (Å²) >= 11 is 0. The molecule has 0 aliphatic rings.